The van der Waals surface area contributed by atoms with Gasteiger partial charge in [-0.05, 0) is 54.1 Å². The van der Waals surface area contributed by atoms with Gasteiger partial charge in [0, 0.05) is 18.1 Å². The lowest BCUT2D eigenvalue weighted by atomic mass is 10.00. The second kappa shape index (κ2) is 9.99. The molecule has 0 bridgehead atoms. The van der Waals surface area contributed by atoms with Crippen molar-refractivity contribution in [3.63, 3.8) is 0 Å². The van der Waals surface area contributed by atoms with Gasteiger partial charge >= 0.3 is 12.4 Å². The average Bonchev–Trinajstić information content (AvgIpc) is 3.31. The fourth-order valence-electron chi connectivity index (χ4n) is 3.43. The molecule has 4 aromatic rings. The number of amides is 1. The van der Waals surface area contributed by atoms with Gasteiger partial charge in [-0.25, -0.2) is 4.39 Å². The third kappa shape index (κ3) is 6.11. The summed E-state index contributed by atoms with van der Waals surface area (Å²) in [5.74, 6) is -1.59. The highest BCUT2D eigenvalue weighted by Gasteiger charge is 2.38. The maximum absolute atomic E-state index is 13.6. The molecule has 0 atom stereocenters. The Balaban J connectivity index is 1.66. The van der Waals surface area contributed by atoms with Crippen LogP contribution in [0, 0.1) is 5.82 Å². The number of carbonyl (C=O) groups is 1. The standard InChI is InChI=1S/C24H15F7N4O2/c25-17-5-7-18(8-6-17)35(13-20-33-34-22(37-20)15-2-1-9-32-12-15)21(36)10-14-3-4-16(23(26,27)28)11-19(14)24(29,30)31/h1-9,11-12H,10,13H2. The summed E-state index contributed by atoms with van der Waals surface area (Å²) in [6.07, 6.45) is -8.10. The number of hydrogen-bond donors (Lipinski definition) is 0. The highest BCUT2D eigenvalue weighted by atomic mass is 19.4. The van der Waals surface area contributed by atoms with E-state index in [0.717, 1.165) is 17.0 Å². The summed E-state index contributed by atoms with van der Waals surface area (Å²) in [5.41, 5.74) is -3.20. The first-order valence-electron chi connectivity index (χ1n) is 10.5. The van der Waals surface area contributed by atoms with Crippen LogP contribution in [0.3, 0.4) is 0 Å². The predicted octanol–water partition coefficient (Wildman–Crippen LogP) is 6.08. The van der Waals surface area contributed by atoms with Gasteiger partial charge in [0.15, 0.2) is 0 Å². The molecule has 4 rings (SSSR count). The van der Waals surface area contributed by atoms with Crippen molar-refractivity contribution in [1.29, 1.82) is 0 Å². The third-order valence-electron chi connectivity index (χ3n) is 5.19. The molecule has 37 heavy (non-hydrogen) atoms. The monoisotopic (exact) mass is 524 g/mol. The summed E-state index contributed by atoms with van der Waals surface area (Å²) in [6, 6.07) is 8.78. The van der Waals surface area contributed by atoms with Gasteiger partial charge in [-0.3, -0.25) is 9.78 Å². The van der Waals surface area contributed by atoms with Gasteiger partial charge in [0.25, 0.3) is 0 Å². The Bertz CT molecular complexity index is 1380. The smallest absolute Gasteiger partial charge is 0.416 e. The molecular weight excluding hydrogens is 509 g/mol. The minimum Gasteiger partial charge on any atom is -0.419 e. The van der Waals surface area contributed by atoms with Gasteiger partial charge < -0.3 is 9.32 Å². The number of halogens is 7. The summed E-state index contributed by atoms with van der Waals surface area (Å²) in [5, 5.41) is 7.70. The van der Waals surface area contributed by atoms with Gasteiger partial charge in [-0.2, -0.15) is 26.3 Å². The van der Waals surface area contributed by atoms with E-state index in [4.69, 9.17) is 4.42 Å². The first-order chi connectivity index (χ1) is 17.4. The molecule has 0 unspecified atom stereocenters. The van der Waals surface area contributed by atoms with Crippen LogP contribution in [0.4, 0.5) is 36.4 Å². The molecule has 2 aromatic carbocycles. The Kier molecular flexibility index (Phi) is 6.96. The van der Waals surface area contributed by atoms with E-state index in [-0.39, 0.29) is 23.5 Å². The number of alkyl halides is 6. The molecule has 0 saturated carbocycles. The van der Waals surface area contributed by atoms with E-state index in [2.05, 4.69) is 15.2 Å². The molecule has 0 saturated heterocycles. The summed E-state index contributed by atoms with van der Waals surface area (Å²) >= 11 is 0. The van der Waals surface area contributed by atoms with Gasteiger partial charge in [0.05, 0.1) is 23.1 Å². The Labute approximate surface area is 204 Å². The van der Waals surface area contributed by atoms with Crippen molar-refractivity contribution in [1.82, 2.24) is 15.2 Å². The molecule has 0 aliphatic carbocycles. The lowest BCUT2D eigenvalue weighted by molar-refractivity contribution is -0.143. The molecule has 0 aliphatic rings. The van der Waals surface area contributed by atoms with E-state index >= 15 is 0 Å². The van der Waals surface area contributed by atoms with Gasteiger partial charge in [0.1, 0.15) is 12.4 Å². The Morgan fingerprint density at radius 3 is 2.27 bits per heavy atom. The Morgan fingerprint density at radius 1 is 0.919 bits per heavy atom. The summed E-state index contributed by atoms with van der Waals surface area (Å²) in [4.78, 5) is 18.1. The summed E-state index contributed by atoms with van der Waals surface area (Å²) in [6.45, 7) is -0.403. The lowest BCUT2D eigenvalue weighted by Gasteiger charge is -2.23. The van der Waals surface area contributed by atoms with E-state index in [1.165, 1.54) is 24.5 Å². The van der Waals surface area contributed by atoms with Gasteiger partial charge in [-0.15, -0.1) is 10.2 Å². The summed E-state index contributed by atoms with van der Waals surface area (Å²) < 4.78 is 98.7. The van der Waals surface area contributed by atoms with Crippen LogP contribution in [0.1, 0.15) is 22.6 Å². The van der Waals surface area contributed by atoms with Crippen molar-refractivity contribution < 1.29 is 39.9 Å². The maximum Gasteiger partial charge on any atom is 0.416 e. The number of carbonyl (C=O) groups excluding carboxylic acids is 1. The van der Waals surface area contributed by atoms with Crippen molar-refractivity contribution >= 4 is 11.6 Å². The first kappa shape index (κ1) is 25.8. The maximum atomic E-state index is 13.6. The van der Waals surface area contributed by atoms with E-state index in [0.29, 0.717) is 17.7 Å². The third-order valence-corrected chi connectivity index (χ3v) is 5.19. The highest BCUT2D eigenvalue weighted by molar-refractivity contribution is 5.94. The van der Waals surface area contributed by atoms with E-state index in [9.17, 15) is 35.5 Å². The van der Waals surface area contributed by atoms with Gasteiger partial charge in [-0.1, -0.05) is 6.07 Å². The number of benzene rings is 2. The largest absolute Gasteiger partial charge is 0.419 e. The number of nitrogens with zero attached hydrogens (tertiary/aromatic N) is 4. The minimum absolute atomic E-state index is 0.0387. The number of hydrogen-bond acceptors (Lipinski definition) is 5. The average molecular weight is 524 g/mol. The van der Waals surface area contributed by atoms with Crippen LogP contribution < -0.4 is 4.90 Å². The van der Waals surface area contributed by atoms with Crippen LogP contribution in [-0.2, 0) is 30.1 Å². The van der Waals surface area contributed by atoms with E-state index in [1.54, 1.807) is 12.1 Å². The molecular formula is C24H15F7N4O2. The first-order valence-corrected chi connectivity index (χ1v) is 10.5. The Hall–Kier alpha value is -4.29. The van der Waals surface area contributed by atoms with E-state index in [1.807, 2.05) is 0 Å². The summed E-state index contributed by atoms with van der Waals surface area (Å²) in [7, 11) is 0. The molecule has 2 aromatic heterocycles. The van der Waals surface area contributed by atoms with Crippen LogP contribution in [0.2, 0.25) is 0 Å². The Morgan fingerprint density at radius 2 is 1.65 bits per heavy atom. The predicted molar refractivity (Wildman–Crippen MR) is 115 cm³/mol. The van der Waals surface area contributed by atoms with Crippen LogP contribution in [0.25, 0.3) is 11.5 Å². The lowest BCUT2D eigenvalue weighted by Crippen LogP contribution is -2.32. The van der Waals surface area contributed by atoms with Crippen LogP contribution >= 0.6 is 0 Å². The SMILES string of the molecule is O=C(Cc1ccc(C(F)(F)F)cc1C(F)(F)F)N(Cc1nnc(-c2cccnc2)o1)c1ccc(F)cc1. The molecule has 13 heteroatoms. The number of anilines is 1. The minimum atomic E-state index is -5.15. The van der Waals surface area contributed by atoms with Crippen molar-refractivity contribution in [2.24, 2.45) is 0 Å². The quantitative estimate of drug-likeness (QED) is 0.286. The molecule has 192 valence electrons. The number of aromatic nitrogens is 3. The van der Waals surface area contributed by atoms with Crippen LogP contribution in [0.15, 0.2) is 71.4 Å². The molecule has 0 N–H and O–H groups in total. The second-order valence-electron chi connectivity index (χ2n) is 7.74. The molecule has 0 aliphatic heterocycles. The van der Waals surface area contributed by atoms with Crippen molar-refractivity contribution in [2.45, 2.75) is 25.3 Å². The normalized spacial score (nSPS) is 12.0. The molecule has 0 fully saturated rings. The topological polar surface area (TPSA) is 72.1 Å². The number of pyridine rings is 1. The van der Waals surface area contributed by atoms with Crippen molar-refractivity contribution in [3.8, 4) is 11.5 Å². The molecule has 0 spiro atoms. The highest BCUT2D eigenvalue weighted by Crippen LogP contribution is 2.37. The van der Waals surface area contributed by atoms with Crippen LogP contribution in [-0.4, -0.2) is 21.1 Å². The molecule has 0 radical (unpaired) electrons. The molecule has 6 nitrogen and oxygen atoms in total. The zero-order chi connectivity index (χ0) is 26.8. The van der Waals surface area contributed by atoms with Crippen molar-refractivity contribution in [3.05, 3.63) is 95.4 Å². The molecule has 1 amide bonds. The van der Waals surface area contributed by atoms with Gasteiger partial charge in [0.2, 0.25) is 17.7 Å². The number of rotatable bonds is 6. The second-order valence-corrected chi connectivity index (χ2v) is 7.74. The zero-order valence-corrected chi connectivity index (χ0v) is 18.5. The fourth-order valence-corrected chi connectivity index (χ4v) is 3.43. The fraction of sp³-hybridized carbons (Fsp3) is 0.167. The molecule has 2 heterocycles. The van der Waals surface area contributed by atoms with E-state index < -0.39 is 53.7 Å². The zero-order valence-electron chi connectivity index (χ0n) is 18.5. The van der Waals surface area contributed by atoms with Crippen LogP contribution in [0.5, 0.6) is 0 Å². The van der Waals surface area contributed by atoms with Crippen molar-refractivity contribution in [2.75, 3.05) is 4.90 Å².